The van der Waals surface area contributed by atoms with Gasteiger partial charge in [0.2, 0.25) is 0 Å². The summed E-state index contributed by atoms with van der Waals surface area (Å²) in [6, 6.07) is 12.0. The van der Waals surface area contributed by atoms with Crippen molar-refractivity contribution in [2.24, 2.45) is 5.10 Å². The molecule has 0 atom stereocenters. The molecule has 0 spiro atoms. The average molecular weight is 570 g/mol. The molecular formula is C19H13F2IrN7-2. The molecule has 1 aromatic carbocycles. The molecule has 10 heteroatoms. The van der Waals surface area contributed by atoms with E-state index in [0.29, 0.717) is 0 Å². The number of nitriles is 1. The number of benzene rings is 1. The largest absolute Gasteiger partial charge is 0.493 e. The number of hydrogen-bond donors (Lipinski definition) is 0. The summed E-state index contributed by atoms with van der Waals surface area (Å²) in [6.07, 6.45) is 6.32. The molecular weight excluding hydrogens is 556 g/mol. The molecule has 1 aliphatic rings. The van der Waals surface area contributed by atoms with E-state index in [9.17, 15) is 8.78 Å². The van der Waals surface area contributed by atoms with Crippen molar-refractivity contribution in [1.29, 1.82) is 5.26 Å². The van der Waals surface area contributed by atoms with Gasteiger partial charge in [-0.25, -0.2) is 4.98 Å². The van der Waals surface area contributed by atoms with Gasteiger partial charge in [-0.2, -0.15) is 10.4 Å². The summed E-state index contributed by atoms with van der Waals surface area (Å²) in [5.41, 5.74) is -0.764. The van der Waals surface area contributed by atoms with Crippen LogP contribution in [0.1, 0.15) is 5.56 Å². The predicted molar refractivity (Wildman–Crippen MR) is 98.2 cm³/mol. The summed E-state index contributed by atoms with van der Waals surface area (Å²) in [5.74, 6) is -1.04. The average Bonchev–Trinajstić information content (AvgIpc) is 3.17. The topological polar surface area (TPSA) is 81.3 Å². The Hall–Kier alpha value is -3.28. The first-order valence-electron chi connectivity index (χ1n) is 7.98. The monoisotopic (exact) mass is 570 g/mol. The molecule has 1 radical (unpaired) electrons. The van der Waals surface area contributed by atoms with Gasteiger partial charge in [-0.3, -0.25) is 18.7 Å². The Morgan fingerprint density at radius 1 is 1.10 bits per heavy atom. The van der Waals surface area contributed by atoms with E-state index in [1.165, 1.54) is 18.5 Å². The number of pyridine rings is 1. The summed E-state index contributed by atoms with van der Waals surface area (Å²) in [7, 11) is 1.92. The number of anilines is 1. The van der Waals surface area contributed by atoms with Crippen molar-refractivity contribution in [2.75, 3.05) is 12.1 Å². The molecule has 3 aromatic rings. The first kappa shape index (κ1) is 22.0. The van der Waals surface area contributed by atoms with Crippen LogP contribution in [0.5, 0.6) is 0 Å². The number of hydrazone groups is 1. The third kappa shape index (κ3) is 5.38. The molecule has 3 heterocycles. The summed E-state index contributed by atoms with van der Waals surface area (Å²) in [6.45, 7) is 1.86. The summed E-state index contributed by atoms with van der Waals surface area (Å²) in [5, 5.41) is 14.4. The van der Waals surface area contributed by atoms with E-state index < -0.39 is 17.2 Å². The third-order valence-corrected chi connectivity index (χ3v) is 3.46. The van der Waals surface area contributed by atoms with E-state index in [-0.39, 0.29) is 31.5 Å². The molecule has 2 aromatic heterocycles. The van der Waals surface area contributed by atoms with Crippen LogP contribution in [0.2, 0.25) is 0 Å². The Morgan fingerprint density at radius 2 is 1.83 bits per heavy atom. The predicted octanol–water partition coefficient (Wildman–Crippen LogP) is 2.99. The molecule has 0 bridgehead atoms. The van der Waals surface area contributed by atoms with Gasteiger partial charge in [-0.05, 0) is 25.2 Å². The molecule has 0 amide bonds. The van der Waals surface area contributed by atoms with Gasteiger partial charge in [0, 0.05) is 44.3 Å². The number of nitrogens with zero attached hydrogens (tertiary/aromatic N) is 7. The van der Waals surface area contributed by atoms with E-state index in [0.717, 1.165) is 11.9 Å². The third-order valence-electron chi connectivity index (χ3n) is 3.46. The summed E-state index contributed by atoms with van der Waals surface area (Å²) >= 11 is 0. The molecule has 29 heavy (non-hydrogen) atoms. The number of aromatic nitrogens is 3. The Balaban J connectivity index is 0.000000207. The standard InChI is InChI=1S/C11H4F2N3.C8H9N4.Ir/c12-9-3-2-7(10(13)8(9)6-14)11-15-4-1-5-16-11;1-11-6-10-12(7-11)8-4-2-3-5-9-8;/h1,3-5H;2-7H,1H3;/q2*-1;. The minimum absolute atomic E-state index is 0. The SMILES string of the molecule is CN1C=NN(c2ccccn2)[CH-]1.N#Cc1c(F)c[c-]c(-c2ncccn2)c1F.[Ir]. The van der Waals surface area contributed by atoms with Crippen molar-refractivity contribution in [3.05, 3.63) is 78.9 Å². The fourth-order valence-electron chi connectivity index (χ4n) is 2.17. The Morgan fingerprint density at radius 3 is 2.41 bits per heavy atom. The van der Waals surface area contributed by atoms with Gasteiger partial charge in [-0.1, -0.05) is 11.6 Å². The van der Waals surface area contributed by atoms with Crippen LogP contribution in [-0.4, -0.2) is 33.2 Å². The van der Waals surface area contributed by atoms with E-state index in [1.807, 2.05) is 36.8 Å². The van der Waals surface area contributed by atoms with Crippen LogP contribution < -0.4 is 5.01 Å². The molecule has 0 aliphatic carbocycles. The summed E-state index contributed by atoms with van der Waals surface area (Å²) < 4.78 is 26.7. The molecule has 149 valence electrons. The molecule has 4 rings (SSSR count). The van der Waals surface area contributed by atoms with Gasteiger partial charge in [0.25, 0.3) is 0 Å². The van der Waals surface area contributed by atoms with Gasteiger partial charge in [0.15, 0.2) is 0 Å². The molecule has 7 nitrogen and oxygen atoms in total. The van der Waals surface area contributed by atoms with Crippen LogP contribution in [0.15, 0.2) is 54.0 Å². The second kappa shape index (κ2) is 10.3. The molecule has 0 fully saturated rings. The molecule has 0 saturated carbocycles. The van der Waals surface area contributed by atoms with Crippen molar-refractivity contribution >= 4 is 12.2 Å². The number of rotatable bonds is 2. The molecule has 0 saturated heterocycles. The van der Waals surface area contributed by atoms with Crippen molar-refractivity contribution < 1.29 is 28.9 Å². The Bertz CT molecular complexity index is 1010. The second-order valence-electron chi connectivity index (χ2n) is 5.43. The number of hydrogen-bond acceptors (Lipinski definition) is 7. The molecule has 0 N–H and O–H groups in total. The van der Waals surface area contributed by atoms with Crippen molar-refractivity contribution in [2.45, 2.75) is 0 Å². The summed E-state index contributed by atoms with van der Waals surface area (Å²) in [4.78, 5) is 13.6. The van der Waals surface area contributed by atoms with E-state index in [4.69, 9.17) is 5.26 Å². The van der Waals surface area contributed by atoms with Crippen LogP contribution >= 0.6 is 0 Å². The maximum absolute atomic E-state index is 13.6. The zero-order chi connectivity index (χ0) is 19.9. The van der Waals surface area contributed by atoms with Gasteiger partial charge in [0.1, 0.15) is 5.82 Å². The number of halogens is 2. The van der Waals surface area contributed by atoms with Crippen LogP contribution in [0.4, 0.5) is 14.6 Å². The van der Waals surface area contributed by atoms with E-state index in [2.05, 4.69) is 26.1 Å². The van der Waals surface area contributed by atoms with Gasteiger partial charge >= 0.3 is 0 Å². The van der Waals surface area contributed by atoms with Crippen LogP contribution in [0.3, 0.4) is 0 Å². The van der Waals surface area contributed by atoms with Crippen molar-refractivity contribution in [1.82, 2.24) is 19.9 Å². The Labute approximate surface area is 179 Å². The quantitative estimate of drug-likeness (QED) is 0.442. The van der Waals surface area contributed by atoms with Gasteiger partial charge in [-0.15, -0.1) is 18.8 Å². The fourth-order valence-corrected chi connectivity index (χ4v) is 2.17. The normalized spacial score (nSPS) is 11.9. The van der Waals surface area contributed by atoms with Crippen molar-refractivity contribution in [3.63, 3.8) is 0 Å². The van der Waals surface area contributed by atoms with E-state index >= 15 is 0 Å². The van der Waals surface area contributed by atoms with Crippen LogP contribution in [0.25, 0.3) is 11.4 Å². The maximum atomic E-state index is 13.6. The Kier molecular flexibility index (Phi) is 7.83. The maximum Gasteiger partial charge on any atom is 0.120 e. The first-order chi connectivity index (χ1) is 13.6. The molecule has 0 unspecified atom stereocenters. The second-order valence-corrected chi connectivity index (χ2v) is 5.43. The van der Waals surface area contributed by atoms with Gasteiger partial charge in [0.05, 0.1) is 29.9 Å². The van der Waals surface area contributed by atoms with E-state index in [1.54, 1.807) is 23.6 Å². The first-order valence-corrected chi connectivity index (χ1v) is 7.98. The minimum Gasteiger partial charge on any atom is -0.493 e. The zero-order valence-electron chi connectivity index (χ0n) is 15.0. The zero-order valence-corrected chi connectivity index (χ0v) is 17.4. The van der Waals surface area contributed by atoms with Crippen molar-refractivity contribution in [3.8, 4) is 17.5 Å². The smallest absolute Gasteiger partial charge is 0.120 e. The fraction of sp³-hybridized carbons (Fsp3) is 0.0526. The van der Waals surface area contributed by atoms with Crippen LogP contribution in [-0.2, 0) is 20.1 Å². The van der Waals surface area contributed by atoms with Gasteiger partial charge < -0.3 is 9.91 Å². The minimum atomic E-state index is -0.992. The van der Waals surface area contributed by atoms with Crippen LogP contribution in [0, 0.1) is 35.7 Å². The molecule has 1 aliphatic heterocycles.